The predicted molar refractivity (Wildman–Crippen MR) is 140 cm³/mol. The number of methoxy groups -OCH3 is 3. The van der Waals surface area contributed by atoms with Crippen LogP contribution in [0.15, 0.2) is 41.4 Å². The third-order valence-corrected chi connectivity index (χ3v) is 5.55. The highest BCUT2D eigenvalue weighted by Crippen LogP contribution is 2.38. The number of aliphatic imine (C=N–C) groups is 1. The van der Waals surface area contributed by atoms with Gasteiger partial charge >= 0.3 is 0 Å². The van der Waals surface area contributed by atoms with E-state index in [0.29, 0.717) is 29.4 Å². The molecule has 0 atom stereocenters. The Labute approximate surface area is 213 Å². The second kappa shape index (κ2) is 13.1. The van der Waals surface area contributed by atoms with Gasteiger partial charge in [-0.15, -0.1) is 24.0 Å². The van der Waals surface area contributed by atoms with Gasteiger partial charge in [0, 0.05) is 46.3 Å². The van der Waals surface area contributed by atoms with Crippen molar-refractivity contribution in [1.29, 1.82) is 5.26 Å². The Morgan fingerprint density at radius 3 is 2.06 bits per heavy atom. The third-order valence-electron chi connectivity index (χ3n) is 5.55. The summed E-state index contributed by atoms with van der Waals surface area (Å²) in [4.78, 5) is 9.13. The van der Waals surface area contributed by atoms with Gasteiger partial charge in [-0.25, -0.2) is 0 Å². The van der Waals surface area contributed by atoms with E-state index in [1.54, 1.807) is 21.3 Å². The molecule has 1 N–H and O–H groups in total. The summed E-state index contributed by atoms with van der Waals surface area (Å²) in [5.41, 5.74) is 2.91. The van der Waals surface area contributed by atoms with Crippen molar-refractivity contribution in [3.8, 4) is 23.3 Å². The summed E-state index contributed by atoms with van der Waals surface area (Å²) in [6, 6.07) is 13.8. The second-order valence-corrected chi connectivity index (χ2v) is 7.51. The molecular formula is C24H32IN5O3. The third kappa shape index (κ3) is 6.88. The maximum atomic E-state index is 8.93. The number of nitriles is 1. The van der Waals surface area contributed by atoms with E-state index < -0.39 is 0 Å². The van der Waals surface area contributed by atoms with Crippen LogP contribution in [-0.2, 0) is 13.1 Å². The van der Waals surface area contributed by atoms with Crippen LogP contribution in [0.4, 0.5) is 0 Å². The lowest BCUT2D eigenvalue weighted by Crippen LogP contribution is -2.52. The largest absolute Gasteiger partial charge is 0.493 e. The zero-order chi connectivity index (χ0) is 22.9. The van der Waals surface area contributed by atoms with E-state index in [-0.39, 0.29) is 24.0 Å². The lowest BCUT2D eigenvalue weighted by Gasteiger charge is -2.36. The summed E-state index contributed by atoms with van der Waals surface area (Å²) in [5.74, 6) is 2.85. The number of ether oxygens (including phenoxy) is 3. The molecule has 2 aromatic rings. The smallest absolute Gasteiger partial charge is 0.203 e. The molecule has 1 aliphatic rings. The molecule has 8 nitrogen and oxygen atoms in total. The van der Waals surface area contributed by atoms with Crippen molar-refractivity contribution in [2.75, 3.05) is 54.6 Å². The van der Waals surface area contributed by atoms with Gasteiger partial charge in [-0.2, -0.15) is 5.26 Å². The molecule has 0 amide bonds. The van der Waals surface area contributed by atoms with E-state index in [1.165, 1.54) is 0 Å². The number of nitrogens with zero attached hydrogens (tertiary/aromatic N) is 4. The Bertz CT molecular complexity index is 942. The minimum absolute atomic E-state index is 0. The van der Waals surface area contributed by atoms with Crippen LogP contribution in [0.2, 0.25) is 0 Å². The minimum Gasteiger partial charge on any atom is -0.493 e. The number of piperazine rings is 1. The number of halogens is 1. The lowest BCUT2D eigenvalue weighted by atomic mass is 10.1. The molecule has 178 valence electrons. The molecule has 3 rings (SSSR count). The average Bonchev–Trinajstić information content (AvgIpc) is 2.85. The van der Waals surface area contributed by atoms with Crippen LogP contribution >= 0.6 is 24.0 Å². The summed E-state index contributed by atoms with van der Waals surface area (Å²) in [6.07, 6.45) is 0. The number of hydrogen-bond donors (Lipinski definition) is 1. The molecular weight excluding hydrogens is 533 g/mol. The maximum Gasteiger partial charge on any atom is 0.203 e. The molecule has 0 spiro atoms. The minimum atomic E-state index is 0. The Balaban J connectivity index is 0.00000385. The van der Waals surface area contributed by atoms with Gasteiger partial charge in [-0.3, -0.25) is 9.89 Å². The Morgan fingerprint density at radius 1 is 0.970 bits per heavy atom. The fourth-order valence-corrected chi connectivity index (χ4v) is 3.81. The topological polar surface area (TPSA) is 82.4 Å². The van der Waals surface area contributed by atoms with E-state index in [4.69, 9.17) is 19.5 Å². The molecule has 0 aliphatic carbocycles. The zero-order valence-electron chi connectivity index (χ0n) is 19.6. The number of guanidine groups is 1. The van der Waals surface area contributed by atoms with E-state index in [0.717, 1.165) is 49.8 Å². The molecule has 1 saturated heterocycles. The van der Waals surface area contributed by atoms with Crippen molar-refractivity contribution < 1.29 is 14.2 Å². The maximum absolute atomic E-state index is 8.93. The van der Waals surface area contributed by atoms with Crippen molar-refractivity contribution in [3.05, 3.63) is 53.1 Å². The summed E-state index contributed by atoms with van der Waals surface area (Å²) in [7, 11) is 6.69. The Morgan fingerprint density at radius 2 is 1.58 bits per heavy atom. The van der Waals surface area contributed by atoms with Gasteiger partial charge in [0.25, 0.3) is 0 Å². The van der Waals surface area contributed by atoms with Crippen LogP contribution in [0.1, 0.15) is 16.7 Å². The van der Waals surface area contributed by atoms with Crippen molar-refractivity contribution in [3.63, 3.8) is 0 Å². The van der Waals surface area contributed by atoms with Gasteiger partial charge in [-0.1, -0.05) is 12.1 Å². The first-order chi connectivity index (χ1) is 15.6. The van der Waals surface area contributed by atoms with E-state index >= 15 is 0 Å². The quantitative estimate of drug-likeness (QED) is 0.314. The number of nitrogens with one attached hydrogen (secondary N) is 1. The highest BCUT2D eigenvalue weighted by molar-refractivity contribution is 14.0. The summed E-state index contributed by atoms with van der Waals surface area (Å²) in [5, 5.41) is 12.4. The first-order valence-electron chi connectivity index (χ1n) is 10.6. The molecule has 0 aromatic heterocycles. The Kier molecular flexibility index (Phi) is 10.5. The fraction of sp³-hybridized carbons (Fsp3) is 0.417. The predicted octanol–water partition coefficient (Wildman–Crippen LogP) is 3.10. The van der Waals surface area contributed by atoms with E-state index in [1.807, 2.05) is 43.4 Å². The van der Waals surface area contributed by atoms with Crippen LogP contribution in [0.5, 0.6) is 17.2 Å². The van der Waals surface area contributed by atoms with Gasteiger partial charge in [0.15, 0.2) is 17.5 Å². The van der Waals surface area contributed by atoms with Crippen molar-refractivity contribution in [2.24, 2.45) is 4.99 Å². The molecule has 1 fully saturated rings. The summed E-state index contributed by atoms with van der Waals surface area (Å²) < 4.78 is 16.4. The SMILES string of the molecule is CN=C(NCc1ccc(C#N)cc1)N1CCN(Cc2cc(OC)c(OC)c(OC)c2)CC1.I. The Hall–Kier alpha value is -2.71. The van der Waals surface area contributed by atoms with Gasteiger partial charge in [0.05, 0.1) is 33.0 Å². The van der Waals surface area contributed by atoms with E-state index in [9.17, 15) is 0 Å². The zero-order valence-corrected chi connectivity index (χ0v) is 22.0. The van der Waals surface area contributed by atoms with Crippen LogP contribution in [-0.4, -0.2) is 70.3 Å². The molecule has 0 unspecified atom stereocenters. The monoisotopic (exact) mass is 565 g/mol. The van der Waals surface area contributed by atoms with Crippen LogP contribution in [0, 0.1) is 11.3 Å². The van der Waals surface area contributed by atoms with E-state index in [2.05, 4.69) is 26.2 Å². The molecule has 1 aliphatic heterocycles. The summed E-state index contributed by atoms with van der Waals surface area (Å²) in [6.45, 7) is 5.10. The highest BCUT2D eigenvalue weighted by atomic mass is 127. The molecule has 33 heavy (non-hydrogen) atoms. The molecule has 1 heterocycles. The fourth-order valence-electron chi connectivity index (χ4n) is 3.81. The number of benzene rings is 2. The molecule has 0 saturated carbocycles. The van der Waals surface area contributed by atoms with Crippen molar-refractivity contribution >= 4 is 29.9 Å². The average molecular weight is 565 g/mol. The molecule has 9 heteroatoms. The van der Waals surface area contributed by atoms with Crippen molar-refractivity contribution in [2.45, 2.75) is 13.1 Å². The standard InChI is InChI=1S/C24H31N5O3.HI/c1-26-24(27-16-19-7-5-18(15-25)6-8-19)29-11-9-28(10-12-29)17-20-13-21(30-2)23(32-4)22(14-20)31-3;/h5-8,13-14H,9-12,16-17H2,1-4H3,(H,26,27);1H. The van der Waals surface area contributed by atoms with Crippen LogP contribution in [0.25, 0.3) is 0 Å². The first-order valence-corrected chi connectivity index (χ1v) is 10.6. The second-order valence-electron chi connectivity index (χ2n) is 7.51. The van der Waals surface area contributed by atoms with Gasteiger partial charge < -0.3 is 24.4 Å². The van der Waals surface area contributed by atoms with Crippen LogP contribution in [0.3, 0.4) is 0 Å². The molecule has 2 aromatic carbocycles. The molecule has 0 radical (unpaired) electrons. The van der Waals surface area contributed by atoms with Crippen LogP contribution < -0.4 is 19.5 Å². The van der Waals surface area contributed by atoms with Gasteiger partial charge in [-0.05, 0) is 35.4 Å². The number of hydrogen-bond acceptors (Lipinski definition) is 6. The first kappa shape index (κ1) is 26.5. The summed E-state index contributed by atoms with van der Waals surface area (Å²) >= 11 is 0. The lowest BCUT2D eigenvalue weighted by molar-refractivity contribution is 0.172. The molecule has 0 bridgehead atoms. The highest BCUT2D eigenvalue weighted by Gasteiger charge is 2.21. The number of rotatable bonds is 7. The van der Waals surface area contributed by atoms with Crippen molar-refractivity contribution in [1.82, 2.24) is 15.1 Å². The normalized spacial score (nSPS) is 14.2. The van der Waals surface area contributed by atoms with Gasteiger partial charge in [0.1, 0.15) is 0 Å². The van der Waals surface area contributed by atoms with Gasteiger partial charge in [0.2, 0.25) is 5.75 Å².